The Morgan fingerprint density at radius 1 is 1.13 bits per heavy atom. The van der Waals surface area contributed by atoms with Gasteiger partial charge in [-0.2, -0.15) is 0 Å². The molecule has 1 saturated heterocycles. The molecule has 0 saturated carbocycles. The predicted molar refractivity (Wildman–Crippen MR) is 146 cm³/mol. The van der Waals surface area contributed by atoms with E-state index >= 15 is 0 Å². The Morgan fingerprint density at radius 3 is 2.63 bits per heavy atom. The Hall–Kier alpha value is -3.88. The summed E-state index contributed by atoms with van der Waals surface area (Å²) < 4.78 is 24.2. The minimum Gasteiger partial charge on any atom is -0.444 e. The van der Waals surface area contributed by atoms with Gasteiger partial charge in [0, 0.05) is 43.1 Å². The number of rotatable bonds is 4. The average Bonchev–Trinajstić information content (AvgIpc) is 3.40. The highest BCUT2D eigenvalue weighted by atomic mass is 19.1. The number of carbonyl (C=O) groups excluding carboxylic acids is 2. The first kappa shape index (κ1) is 25.8. The summed E-state index contributed by atoms with van der Waals surface area (Å²) in [6, 6.07) is 15.0. The maximum Gasteiger partial charge on any atom is 0.408 e. The van der Waals surface area contributed by atoms with Gasteiger partial charge in [-0.3, -0.25) is 4.79 Å². The molecule has 0 spiro atoms. The molecule has 0 aliphatic carbocycles. The van der Waals surface area contributed by atoms with E-state index in [1.165, 1.54) is 0 Å². The van der Waals surface area contributed by atoms with E-state index < -0.39 is 23.9 Å². The number of hydrogen-bond acceptors (Lipinski definition) is 4. The molecule has 2 aromatic carbocycles. The molecule has 5 rings (SSSR count). The number of alkyl carbamates (subject to hydrolysis) is 1. The number of amides is 2. The first-order chi connectivity index (χ1) is 18.1. The van der Waals surface area contributed by atoms with Crippen LogP contribution in [0.15, 0.2) is 48.5 Å². The zero-order valence-electron chi connectivity index (χ0n) is 22.5. The minimum absolute atomic E-state index is 0.0708. The Balaban J connectivity index is 1.40. The summed E-state index contributed by atoms with van der Waals surface area (Å²) in [5.74, 6) is 0.604. The molecule has 2 atom stereocenters. The maximum atomic E-state index is 14.6. The molecule has 1 aliphatic heterocycles. The van der Waals surface area contributed by atoms with Crippen molar-refractivity contribution in [3.63, 3.8) is 0 Å². The van der Waals surface area contributed by atoms with Crippen molar-refractivity contribution in [2.45, 2.75) is 58.5 Å². The number of aryl methyl sites for hydroxylation is 2. The van der Waals surface area contributed by atoms with Gasteiger partial charge in [-0.25, -0.2) is 14.2 Å². The van der Waals surface area contributed by atoms with Crippen molar-refractivity contribution in [2.75, 3.05) is 13.1 Å². The average molecular weight is 520 g/mol. The van der Waals surface area contributed by atoms with Crippen LogP contribution in [0.1, 0.15) is 44.5 Å². The highest BCUT2D eigenvalue weighted by molar-refractivity contribution is 5.98. The number of benzene rings is 2. The molecule has 38 heavy (non-hydrogen) atoms. The number of alkyl halides is 1. The molecule has 4 aromatic rings. The molecule has 2 amide bonds. The topological polar surface area (TPSA) is 81.4 Å². The van der Waals surface area contributed by atoms with Crippen molar-refractivity contribution in [2.24, 2.45) is 7.05 Å². The van der Waals surface area contributed by atoms with E-state index in [4.69, 9.17) is 9.72 Å². The fraction of sp³-hybridized carbons (Fsp3) is 0.414. The van der Waals surface area contributed by atoms with Crippen LogP contribution in [0.2, 0.25) is 0 Å². The molecule has 200 valence electrons. The SMILES string of the molecule is CCn1c(-c2nc3cc(C(=O)N4CCC(F)C(NC(=O)OC(C)(C)C)C4)ccc3n2C)cc2ccccc21. The van der Waals surface area contributed by atoms with E-state index in [2.05, 4.69) is 35.0 Å². The number of imidazole rings is 1. The fourth-order valence-corrected chi connectivity index (χ4v) is 5.18. The van der Waals surface area contributed by atoms with Crippen LogP contribution in [0.3, 0.4) is 0 Å². The number of hydrogen-bond donors (Lipinski definition) is 1. The smallest absolute Gasteiger partial charge is 0.408 e. The summed E-state index contributed by atoms with van der Waals surface area (Å²) in [6.45, 7) is 8.50. The number of aromatic nitrogens is 3. The number of likely N-dealkylation sites (tertiary alicyclic amines) is 1. The maximum absolute atomic E-state index is 14.6. The van der Waals surface area contributed by atoms with Crippen molar-refractivity contribution in [3.8, 4) is 11.5 Å². The number of ether oxygens (including phenoxy) is 1. The standard InChI is InChI=1S/C29H34FN5O3/c1-6-35-23-10-8-7-9-18(23)16-25(35)26-31-21-15-19(11-12-24(21)33(26)5)27(36)34-14-13-20(30)22(17-34)32-28(37)38-29(2,3)4/h7-12,15-16,20,22H,6,13-14,17H2,1-5H3,(H,32,37). The molecular weight excluding hydrogens is 485 g/mol. The normalized spacial score (nSPS) is 18.2. The predicted octanol–water partition coefficient (Wildman–Crippen LogP) is 5.29. The largest absolute Gasteiger partial charge is 0.444 e. The summed E-state index contributed by atoms with van der Waals surface area (Å²) in [5, 5.41) is 3.74. The van der Waals surface area contributed by atoms with Crippen LogP contribution < -0.4 is 5.32 Å². The van der Waals surface area contributed by atoms with Crippen molar-refractivity contribution < 1.29 is 18.7 Å². The third-order valence-electron chi connectivity index (χ3n) is 7.00. The second-order valence-electron chi connectivity index (χ2n) is 10.8. The van der Waals surface area contributed by atoms with Gasteiger partial charge in [0.05, 0.1) is 22.8 Å². The van der Waals surface area contributed by atoms with Gasteiger partial charge in [-0.1, -0.05) is 18.2 Å². The van der Waals surface area contributed by atoms with Crippen LogP contribution >= 0.6 is 0 Å². The molecule has 0 radical (unpaired) electrons. The summed E-state index contributed by atoms with van der Waals surface area (Å²) in [7, 11) is 1.97. The molecule has 0 bridgehead atoms. The second kappa shape index (κ2) is 9.78. The van der Waals surface area contributed by atoms with Crippen LogP contribution in [0, 0.1) is 0 Å². The van der Waals surface area contributed by atoms with Crippen molar-refractivity contribution >= 4 is 33.9 Å². The Labute approximate surface area is 221 Å². The van der Waals surface area contributed by atoms with Crippen molar-refractivity contribution in [3.05, 3.63) is 54.1 Å². The zero-order valence-corrected chi connectivity index (χ0v) is 22.5. The van der Waals surface area contributed by atoms with Gasteiger partial charge in [0.15, 0.2) is 5.82 Å². The Bertz CT molecular complexity index is 1520. The highest BCUT2D eigenvalue weighted by Crippen LogP contribution is 2.30. The van der Waals surface area contributed by atoms with Gasteiger partial charge in [-0.05, 0) is 64.4 Å². The lowest BCUT2D eigenvalue weighted by Gasteiger charge is -2.35. The van der Waals surface area contributed by atoms with Gasteiger partial charge in [0.1, 0.15) is 11.8 Å². The van der Waals surface area contributed by atoms with E-state index in [9.17, 15) is 14.0 Å². The third-order valence-corrected chi connectivity index (χ3v) is 7.00. The van der Waals surface area contributed by atoms with Crippen LogP contribution in [-0.2, 0) is 18.3 Å². The molecule has 1 aliphatic rings. The minimum atomic E-state index is -1.25. The molecule has 1 N–H and O–H groups in total. The fourth-order valence-electron chi connectivity index (χ4n) is 5.18. The lowest BCUT2D eigenvalue weighted by atomic mass is 10.0. The third kappa shape index (κ3) is 4.85. The van der Waals surface area contributed by atoms with Crippen LogP contribution in [0.25, 0.3) is 33.5 Å². The lowest BCUT2D eigenvalue weighted by Crippen LogP contribution is -2.55. The van der Waals surface area contributed by atoms with E-state index in [1.807, 2.05) is 29.8 Å². The van der Waals surface area contributed by atoms with Crippen molar-refractivity contribution in [1.82, 2.24) is 24.3 Å². The number of nitrogens with zero attached hydrogens (tertiary/aromatic N) is 4. The molecule has 8 nitrogen and oxygen atoms in total. The van der Waals surface area contributed by atoms with Gasteiger partial charge < -0.3 is 24.1 Å². The molecule has 1 fully saturated rings. The lowest BCUT2D eigenvalue weighted by molar-refractivity contribution is 0.0366. The number of carbonyl (C=O) groups is 2. The summed E-state index contributed by atoms with van der Waals surface area (Å²) in [4.78, 5) is 32.1. The van der Waals surface area contributed by atoms with Gasteiger partial charge in [0.25, 0.3) is 5.91 Å². The van der Waals surface area contributed by atoms with Crippen LogP contribution in [0.5, 0.6) is 0 Å². The van der Waals surface area contributed by atoms with Gasteiger partial charge in [0.2, 0.25) is 0 Å². The summed E-state index contributed by atoms with van der Waals surface area (Å²) in [5.41, 5.74) is 3.58. The van der Waals surface area contributed by atoms with E-state index in [-0.39, 0.29) is 25.4 Å². The number of nitrogens with one attached hydrogen (secondary N) is 1. The molecule has 2 aromatic heterocycles. The zero-order chi connectivity index (χ0) is 27.2. The van der Waals surface area contributed by atoms with Crippen LogP contribution in [-0.4, -0.2) is 61.9 Å². The molecule has 9 heteroatoms. The molecular formula is C29H34FN5O3. The first-order valence-electron chi connectivity index (χ1n) is 13.0. The summed E-state index contributed by atoms with van der Waals surface area (Å²) in [6.07, 6.45) is -1.80. The van der Waals surface area contributed by atoms with Crippen LogP contribution in [0.4, 0.5) is 9.18 Å². The van der Waals surface area contributed by atoms with Gasteiger partial charge in [-0.15, -0.1) is 0 Å². The van der Waals surface area contributed by atoms with E-state index in [1.54, 1.807) is 37.8 Å². The number of fused-ring (bicyclic) bond motifs is 2. The van der Waals surface area contributed by atoms with E-state index in [0.29, 0.717) is 11.1 Å². The monoisotopic (exact) mass is 519 g/mol. The molecule has 3 heterocycles. The first-order valence-corrected chi connectivity index (χ1v) is 13.0. The van der Waals surface area contributed by atoms with Crippen molar-refractivity contribution in [1.29, 1.82) is 0 Å². The Kier molecular flexibility index (Phi) is 6.63. The number of piperidine rings is 1. The number of halogens is 1. The highest BCUT2D eigenvalue weighted by Gasteiger charge is 2.34. The number of para-hydroxylation sites is 1. The second-order valence-corrected chi connectivity index (χ2v) is 10.8. The Morgan fingerprint density at radius 2 is 1.89 bits per heavy atom. The quantitative estimate of drug-likeness (QED) is 0.397. The summed E-state index contributed by atoms with van der Waals surface area (Å²) >= 11 is 0. The van der Waals surface area contributed by atoms with E-state index in [0.717, 1.165) is 34.5 Å². The van der Waals surface area contributed by atoms with Gasteiger partial charge >= 0.3 is 6.09 Å². The molecule has 2 unspecified atom stereocenters.